The van der Waals surface area contributed by atoms with Crippen LogP contribution in [-0.2, 0) is 18.4 Å². The maximum absolute atomic E-state index is 12.2. The zero-order valence-corrected chi connectivity index (χ0v) is 13.4. The van der Waals surface area contributed by atoms with Crippen molar-refractivity contribution in [2.24, 2.45) is 7.05 Å². The van der Waals surface area contributed by atoms with Gasteiger partial charge in [0, 0.05) is 44.0 Å². The van der Waals surface area contributed by atoms with Crippen LogP contribution in [0.25, 0.3) is 6.08 Å². The third-order valence-electron chi connectivity index (χ3n) is 3.34. The summed E-state index contributed by atoms with van der Waals surface area (Å²) >= 11 is 0. The fourth-order valence-corrected chi connectivity index (χ4v) is 2.18. The molecule has 1 heterocycles. The molecule has 5 heteroatoms. The number of rotatable bonds is 5. The molecular weight excluding hydrogens is 278 g/mol. The first-order valence-electron chi connectivity index (χ1n) is 7.05. The van der Waals surface area contributed by atoms with Crippen LogP contribution in [0, 0.1) is 6.92 Å². The summed E-state index contributed by atoms with van der Waals surface area (Å²) in [6.45, 7) is 2.54. The number of likely N-dealkylation sites (N-methyl/N-ethyl adjacent to an activating group) is 1. The summed E-state index contributed by atoms with van der Waals surface area (Å²) in [5, 5.41) is 4.10. The average molecular weight is 299 g/mol. The molecule has 0 fully saturated rings. The van der Waals surface area contributed by atoms with Crippen LogP contribution in [0.5, 0.6) is 5.75 Å². The Labute approximate surface area is 130 Å². The quantitative estimate of drug-likeness (QED) is 0.797. The van der Waals surface area contributed by atoms with E-state index in [1.165, 1.54) is 0 Å². The molecule has 0 radical (unpaired) electrons. The van der Waals surface area contributed by atoms with E-state index in [0.29, 0.717) is 6.54 Å². The first-order valence-corrected chi connectivity index (χ1v) is 7.05. The van der Waals surface area contributed by atoms with E-state index in [2.05, 4.69) is 5.10 Å². The maximum Gasteiger partial charge on any atom is 0.246 e. The number of methoxy groups -OCH3 is 1. The SMILES string of the molecule is COc1ccc(C)cc1/C=C/C(=O)N(C)Cc1cnn(C)c1. The number of ether oxygens (including phenoxy) is 1. The number of benzene rings is 1. The van der Waals surface area contributed by atoms with Gasteiger partial charge in [-0.25, -0.2) is 0 Å². The number of amides is 1. The van der Waals surface area contributed by atoms with Crippen LogP contribution in [0.2, 0.25) is 0 Å². The third kappa shape index (κ3) is 3.97. The zero-order chi connectivity index (χ0) is 16.1. The van der Waals surface area contributed by atoms with E-state index >= 15 is 0 Å². The molecule has 0 saturated carbocycles. The molecule has 1 amide bonds. The Kier molecular flexibility index (Phi) is 4.99. The van der Waals surface area contributed by atoms with Crippen molar-refractivity contribution < 1.29 is 9.53 Å². The minimum atomic E-state index is -0.0626. The first kappa shape index (κ1) is 15.8. The van der Waals surface area contributed by atoms with Gasteiger partial charge in [0.05, 0.1) is 13.3 Å². The average Bonchev–Trinajstić information content (AvgIpc) is 2.90. The number of carbonyl (C=O) groups excluding carboxylic acids is 1. The normalized spacial score (nSPS) is 10.9. The lowest BCUT2D eigenvalue weighted by Gasteiger charge is -2.13. The van der Waals surface area contributed by atoms with Crippen molar-refractivity contribution in [3.8, 4) is 5.75 Å². The van der Waals surface area contributed by atoms with Gasteiger partial charge in [-0.05, 0) is 25.1 Å². The molecule has 0 bridgehead atoms. The summed E-state index contributed by atoms with van der Waals surface area (Å²) in [7, 11) is 5.25. The van der Waals surface area contributed by atoms with Crippen LogP contribution in [-0.4, -0.2) is 34.7 Å². The molecule has 0 saturated heterocycles. The fourth-order valence-electron chi connectivity index (χ4n) is 2.18. The van der Waals surface area contributed by atoms with E-state index in [1.54, 1.807) is 42.1 Å². The van der Waals surface area contributed by atoms with Crippen LogP contribution in [0.1, 0.15) is 16.7 Å². The summed E-state index contributed by atoms with van der Waals surface area (Å²) in [6.07, 6.45) is 7.01. The molecule has 0 spiro atoms. The van der Waals surface area contributed by atoms with Crippen LogP contribution in [0.15, 0.2) is 36.7 Å². The Bertz CT molecular complexity index is 689. The molecule has 116 valence electrons. The summed E-state index contributed by atoms with van der Waals surface area (Å²) in [4.78, 5) is 13.8. The second kappa shape index (κ2) is 6.93. The molecule has 1 aromatic heterocycles. The topological polar surface area (TPSA) is 47.4 Å². The number of aromatic nitrogens is 2. The molecule has 0 aliphatic rings. The van der Waals surface area contributed by atoms with E-state index in [0.717, 1.165) is 22.4 Å². The Balaban J connectivity index is 2.06. The van der Waals surface area contributed by atoms with E-state index in [1.807, 2.05) is 38.4 Å². The minimum Gasteiger partial charge on any atom is -0.496 e. The van der Waals surface area contributed by atoms with Crippen molar-refractivity contribution in [3.05, 3.63) is 53.4 Å². The molecular formula is C17H21N3O2. The maximum atomic E-state index is 12.2. The fraction of sp³-hybridized carbons (Fsp3) is 0.294. The van der Waals surface area contributed by atoms with Gasteiger partial charge in [0.25, 0.3) is 0 Å². The lowest BCUT2D eigenvalue weighted by atomic mass is 10.1. The Hall–Kier alpha value is -2.56. The molecule has 0 aliphatic heterocycles. The molecule has 22 heavy (non-hydrogen) atoms. The summed E-state index contributed by atoms with van der Waals surface area (Å²) < 4.78 is 7.03. The largest absolute Gasteiger partial charge is 0.496 e. The number of aryl methyl sites for hydroxylation is 2. The predicted molar refractivity (Wildman–Crippen MR) is 86.4 cm³/mol. The number of hydrogen-bond donors (Lipinski definition) is 0. The molecule has 5 nitrogen and oxygen atoms in total. The van der Waals surface area contributed by atoms with Gasteiger partial charge in [0.15, 0.2) is 0 Å². The molecule has 1 aromatic carbocycles. The number of nitrogens with zero attached hydrogens (tertiary/aromatic N) is 3. The number of hydrogen-bond acceptors (Lipinski definition) is 3. The van der Waals surface area contributed by atoms with Crippen LogP contribution >= 0.6 is 0 Å². The lowest BCUT2D eigenvalue weighted by Crippen LogP contribution is -2.23. The highest BCUT2D eigenvalue weighted by molar-refractivity contribution is 5.92. The summed E-state index contributed by atoms with van der Waals surface area (Å²) in [5.41, 5.74) is 3.02. The van der Waals surface area contributed by atoms with Crippen LogP contribution < -0.4 is 4.74 Å². The van der Waals surface area contributed by atoms with E-state index in [9.17, 15) is 4.79 Å². The second-order valence-corrected chi connectivity index (χ2v) is 5.30. The van der Waals surface area contributed by atoms with E-state index in [4.69, 9.17) is 4.74 Å². The van der Waals surface area contributed by atoms with Crippen molar-refractivity contribution in [2.75, 3.05) is 14.2 Å². The Morgan fingerprint density at radius 1 is 1.45 bits per heavy atom. The zero-order valence-electron chi connectivity index (χ0n) is 13.4. The summed E-state index contributed by atoms with van der Waals surface area (Å²) in [6, 6.07) is 5.87. The van der Waals surface area contributed by atoms with Gasteiger partial charge in [0.1, 0.15) is 5.75 Å². The van der Waals surface area contributed by atoms with Gasteiger partial charge in [-0.3, -0.25) is 9.48 Å². The van der Waals surface area contributed by atoms with Crippen molar-refractivity contribution in [3.63, 3.8) is 0 Å². The van der Waals surface area contributed by atoms with E-state index < -0.39 is 0 Å². The summed E-state index contributed by atoms with van der Waals surface area (Å²) in [5.74, 6) is 0.692. The van der Waals surface area contributed by atoms with Crippen molar-refractivity contribution >= 4 is 12.0 Å². The first-order chi connectivity index (χ1) is 10.5. The van der Waals surface area contributed by atoms with Crippen LogP contribution in [0.3, 0.4) is 0 Å². The van der Waals surface area contributed by atoms with Gasteiger partial charge in [-0.1, -0.05) is 11.6 Å². The molecule has 0 aliphatic carbocycles. The molecule has 0 unspecified atom stereocenters. The highest BCUT2D eigenvalue weighted by atomic mass is 16.5. The van der Waals surface area contributed by atoms with Crippen LogP contribution in [0.4, 0.5) is 0 Å². The highest BCUT2D eigenvalue weighted by Gasteiger charge is 2.08. The van der Waals surface area contributed by atoms with Gasteiger partial charge in [0.2, 0.25) is 5.91 Å². The molecule has 0 N–H and O–H groups in total. The van der Waals surface area contributed by atoms with Gasteiger partial charge >= 0.3 is 0 Å². The van der Waals surface area contributed by atoms with Crippen molar-refractivity contribution in [1.29, 1.82) is 0 Å². The van der Waals surface area contributed by atoms with Gasteiger partial charge in [-0.15, -0.1) is 0 Å². The van der Waals surface area contributed by atoms with E-state index in [-0.39, 0.29) is 5.91 Å². The Morgan fingerprint density at radius 3 is 2.86 bits per heavy atom. The van der Waals surface area contributed by atoms with Gasteiger partial charge in [-0.2, -0.15) is 5.10 Å². The van der Waals surface area contributed by atoms with Crippen molar-refractivity contribution in [2.45, 2.75) is 13.5 Å². The number of carbonyl (C=O) groups is 1. The smallest absolute Gasteiger partial charge is 0.246 e. The van der Waals surface area contributed by atoms with Crippen molar-refractivity contribution in [1.82, 2.24) is 14.7 Å². The predicted octanol–water partition coefficient (Wildman–Crippen LogP) is 2.41. The minimum absolute atomic E-state index is 0.0626. The monoisotopic (exact) mass is 299 g/mol. The molecule has 2 rings (SSSR count). The second-order valence-electron chi connectivity index (χ2n) is 5.30. The molecule has 0 atom stereocenters. The Morgan fingerprint density at radius 2 is 2.23 bits per heavy atom. The molecule has 2 aromatic rings. The standard InChI is InChI=1S/C17H21N3O2/c1-13-5-7-16(22-4)15(9-13)6-8-17(21)19(2)11-14-10-18-20(3)12-14/h5-10,12H,11H2,1-4H3/b8-6+. The lowest BCUT2D eigenvalue weighted by molar-refractivity contribution is -0.125. The third-order valence-corrected chi connectivity index (χ3v) is 3.34. The van der Waals surface area contributed by atoms with Gasteiger partial charge < -0.3 is 9.64 Å². The highest BCUT2D eigenvalue weighted by Crippen LogP contribution is 2.21.